The topological polar surface area (TPSA) is 84.4 Å². The van der Waals surface area contributed by atoms with E-state index in [4.69, 9.17) is 9.97 Å². The minimum Gasteiger partial charge on any atom is -0.396 e. The molecule has 5 rings (SSSR count). The fraction of sp³-hybridized carbons (Fsp3) is 0.500. The van der Waals surface area contributed by atoms with Crippen LogP contribution in [0.3, 0.4) is 0 Å². The molecule has 2 aromatic heterocycles. The molecule has 2 N–H and O–H groups in total. The van der Waals surface area contributed by atoms with E-state index in [0.29, 0.717) is 5.92 Å². The molecular weight excluding hydrogens is 462 g/mol. The number of hydrogen-bond donors (Lipinski definition) is 2. The first-order chi connectivity index (χ1) is 16.7. The van der Waals surface area contributed by atoms with Crippen LogP contribution >= 0.6 is 12.4 Å². The lowest BCUT2D eigenvalue weighted by molar-refractivity contribution is 0.202. The monoisotopic (exact) mass is 497 g/mol. The highest BCUT2D eigenvalue weighted by Crippen LogP contribution is 2.34. The van der Waals surface area contributed by atoms with Crippen LogP contribution in [0.25, 0.3) is 0 Å². The third-order valence-corrected chi connectivity index (χ3v) is 7.39. The van der Waals surface area contributed by atoms with Crippen LogP contribution in [0.2, 0.25) is 0 Å². The molecule has 1 aromatic carbocycles. The molecule has 8 nitrogen and oxygen atoms in total. The lowest BCUT2D eigenvalue weighted by Gasteiger charge is -2.41. The van der Waals surface area contributed by atoms with Gasteiger partial charge >= 0.3 is 0 Å². The molecule has 0 bridgehead atoms. The Morgan fingerprint density at radius 3 is 2.06 bits per heavy atom. The Bertz CT molecular complexity index is 1060. The summed E-state index contributed by atoms with van der Waals surface area (Å²) in [6.45, 7) is 10.0. The van der Waals surface area contributed by atoms with Crippen LogP contribution in [-0.4, -0.2) is 76.0 Å². The maximum Gasteiger partial charge on any atom is 0.172 e. The molecule has 3 aromatic rings. The van der Waals surface area contributed by atoms with Gasteiger partial charge in [0.15, 0.2) is 11.6 Å². The number of nitrogens with zero attached hydrogens (tertiary/aromatic N) is 6. The minimum absolute atomic E-state index is 0. The highest BCUT2D eigenvalue weighted by molar-refractivity contribution is 5.85. The second-order valence-corrected chi connectivity index (χ2v) is 9.50. The van der Waals surface area contributed by atoms with E-state index in [1.165, 1.54) is 11.1 Å². The van der Waals surface area contributed by atoms with Crippen LogP contribution in [0.15, 0.2) is 42.7 Å². The van der Waals surface area contributed by atoms with E-state index >= 15 is 0 Å². The minimum atomic E-state index is 0. The predicted molar refractivity (Wildman–Crippen MR) is 141 cm³/mol. The fourth-order valence-electron chi connectivity index (χ4n) is 5.45. The SMILES string of the molecule is Cc1n[nH]c(C)c1C(c1ccccc1)N1CCN(c2nccnc2N2CCC(CO)CC2)CC1.Cl. The Morgan fingerprint density at radius 2 is 1.51 bits per heavy atom. The van der Waals surface area contributed by atoms with E-state index in [1.54, 1.807) is 12.4 Å². The van der Waals surface area contributed by atoms with E-state index in [2.05, 4.69) is 69.1 Å². The van der Waals surface area contributed by atoms with Crippen LogP contribution in [0.1, 0.15) is 41.4 Å². The van der Waals surface area contributed by atoms with E-state index in [0.717, 1.165) is 75.1 Å². The standard InChI is InChI=1S/C26H35N7O.ClH/c1-19-23(20(2)30-29-19)24(22-6-4-3-5-7-22)31-14-16-33(17-15-31)26-25(27-10-11-28-26)32-12-8-21(18-34)9-13-32;/h3-7,10-11,21,24,34H,8-9,12-18H2,1-2H3,(H,29,30);1H. The summed E-state index contributed by atoms with van der Waals surface area (Å²) in [7, 11) is 0. The quantitative estimate of drug-likeness (QED) is 0.540. The number of piperidine rings is 1. The van der Waals surface area contributed by atoms with E-state index in [-0.39, 0.29) is 25.1 Å². The van der Waals surface area contributed by atoms with Gasteiger partial charge in [0.1, 0.15) is 0 Å². The molecule has 4 heterocycles. The van der Waals surface area contributed by atoms with Crippen molar-refractivity contribution in [1.82, 2.24) is 25.1 Å². The Kier molecular flexibility index (Phi) is 8.26. The molecular formula is C26H36ClN7O. The van der Waals surface area contributed by atoms with Gasteiger partial charge in [-0.05, 0) is 38.2 Å². The van der Waals surface area contributed by atoms with Crippen LogP contribution in [0.5, 0.6) is 0 Å². The number of piperazine rings is 1. The summed E-state index contributed by atoms with van der Waals surface area (Å²) < 4.78 is 0. The number of rotatable bonds is 6. The fourth-order valence-corrected chi connectivity index (χ4v) is 5.45. The first-order valence-corrected chi connectivity index (χ1v) is 12.4. The summed E-state index contributed by atoms with van der Waals surface area (Å²) in [5, 5.41) is 17.2. The number of aliphatic hydroxyl groups is 1. The van der Waals surface area contributed by atoms with E-state index in [1.807, 2.05) is 0 Å². The number of H-pyrrole nitrogens is 1. The van der Waals surface area contributed by atoms with Gasteiger partial charge in [0, 0.05) is 69.5 Å². The second kappa shape index (κ2) is 11.4. The highest BCUT2D eigenvalue weighted by atomic mass is 35.5. The zero-order chi connectivity index (χ0) is 23.5. The first kappa shape index (κ1) is 25.4. The number of aliphatic hydroxyl groups excluding tert-OH is 1. The largest absolute Gasteiger partial charge is 0.396 e. The summed E-state index contributed by atoms with van der Waals surface area (Å²) in [5.41, 5.74) is 4.79. The zero-order valence-electron chi connectivity index (χ0n) is 20.6. The van der Waals surface area contributed by atoms with Gasteiger partial charge in [-0.25, -0.2) is 9.97 Å². The van der Waals surface area contributed by atoms with Crippen molar-refractivity contribution in [3.63, 3.8) is 0 Å². The third-order valence-electron chi connectivity index (χ3n) is 7.39. The van der Waals surface area contributed by atoms with E-state index < -0.39 is 0 Å². The van der Waals surface area contributed by atoms with Crippen LogP contribution < -0.4 is 9.80 Å². The summed E-state index contributed by atoms with van der Waals surface area (Å²) in [6.07, 6.45) is 5.60. The molecule has 2 fully saturated rings. The molecule has 0 radical (unpaired) electrons. The molecule has 0 spiro atoms. The second-order valence-electron chi connectivity index (χ2n) is 9.50. The van der Waals surface area contributed by atoms with Gasteiger partial charge in [-0.1, -0.05) is 30.3 Å². The number of hydrogen-bond acceptors (Lipinski definition) is 7. The van der Waals surface area contributed by atoms with Gasteiger partial charge in [-0.15, -0.1) is 12.4 Å². The molecule has 188 valence electrons. The van der Waals surface area contributed by atoms with E-state index in [9.17, 15) is 5.11 Å². The number of aromatic nitrogens is 4. The molecule has 2 aliphatic rings. The molecule has 1 unspecified atom stereocenters. The Labute approximate surface area is 213 Å². The number of nitrogens with one attached hydrogen (secondary N) is 1. The molecule has 1 atom stereocenters. The van der Waals surface area contributed by atoms with Gasteiger partial charge in [0.25, 0.3) is 0 Å². The molecule has 35 heavy (non-hydrogen) atoms. The Morgan fingerprint density at radius 1 is 0.914 bits per heavy atom. The summed E-state index contributed by atoms with van der Waals surface area (Å²) in [4.78, 5) is 16.8. The Balaban J connectivity index is 0.00000289. The number of aromatic amines is 1. The van der Waals surface area contributed by atoms with Crippen molar-refractivity contribution in [2.75, 3.05) is 55.7 Å². The number of halogens is 1. The van der Waals surface area contributed by atoms with Crippen LogP contribution in [0, 0.1) is 19.8 Å². The lowest BCUT2D eigenvalue weighted by Crippen LogP contribution is -2.49. The van der Waals surface area contributed by atoms with Gasteiger partial charge in [0.05, 0.1) is 11.7 Å². The normalized spacial score (nSPS) is 18.4. The Hall–Kier alpha value is -2.68. The smallest absolute Gasteiger partial charge is 0.172 e. The van der Waals surface area contributed by atoms with Gasteiger partial charge in [0.2, 0.25) is 0 Å². The van der Waals surface area contributed by atoms with Crippen molar-refractivity contribution >= 4 is 24.0 Å². The highest BCUT2D eigenvalue weighted by Gasteiger charge is 2.31. The molecule has 2 aliphatic heterocycles. The summed E-state index contributed by atoms with van der Waals surface area (Å²) in [5.74, 6) is 2.37. The van der Waals surface area contributed by atoms with Crippen molar-refractivity contribution in [2.24, 2.45) is 5.92 Å². The maximum atomic E-state index is 9.50. The maximum absolute atomic E-state index is 9.50. The molecule has 9 heteroatoms. The summed E-state index contributed by atoms with van der Waals surface area (Å²) >= 11 is 0. The van der Waals surface area contributed by atoms with Crippen LogP contribution in [-0.2, 0) is 0 Å². The zero-order valence-corrected chi connectivity index (χ0v) is 21.4. The summed E-state index contributed by atoms with van der Waals surface area (Å²) in [6, 6.07) is 10.9. The van der Waals surface area contributed by atoms with Crippen molar-refractivity contribution in [3.8, 4) is 0 Å². The predicted octanol–water partition coefficient (Wildman–Crippen LogP) is 3.36. The molecule has 0 saturated carbocycles. The first-order valence-electron chi connectivity index (χ1n) is 12.4. The molecule has 0 aliphatic carbocycles. The molecule has 2 saturated heterocycles. The van der Waals surface area contributed by atoms with Crippen molar-refractivity contribution in [2.45, 2.75) is 32.7 Å². The molecule has 0 amide bonds. The van der Waals surface area contributed by atoms with Gasteiger partial charge in [-0.3, -0.25) is 10.00 Å². The van der Waals surface area contributed by atoms with Gasteiger partial charge in [-0.2, -0.15) is 5.10 Å². The average Bonchev–Trinajstić information content (AvgIpc) is 3.23. The van der Waals surface area contributed by atoms with Crippen LogP contribution in [0.4, 0.5) is 11.6 Å². The van der Waals surface area contributed by atoms with Gasteiger partial charge < -0.3 is 14.9 Å². The number of anilines is 2. The number of aryl methyl sites for hydroxylation is 2. The van der Waals surface area contributed by atoms with Crippen molar-refractivity contribution in [3.05, 3.63) is 65.2 Å². The number of benzene rings is 1. The third kappa shape index (κ3) is 5.29. The lowest BCUT2D eigenvalue weighted by atomic mass is 9.95. The van der Waals surface area contributed by atoms with Crippen molar-refractivity contribution < 1.29 is 5.11 Å². The average molecular weight is 498 g/mol. The van der Waals surface area contributed by atoms with Crippen molar-refractivity contribution in [1.29, 1.82) is 0 Å².